The molecule has 0 spiro atoms. The van der Waals surface area contributed by atoms with Gasteiger partial charge in [-0.1, -0.05) is 23.7 Å². The van der Waals surface area contributed by atoms with Crippen molar-refractivity contribution in [2.24, 2.45) is 11.8 Å². The fourth-order valence-electron chi connectivity index (χ4n) is 3.00. The van der Waals surface area contributed by atoms with Crippen LogP contribution >= 0.6 is 11.6 Å². The number of anilines is 2. The highest BCUT2D eigenvalue weighted by Gasteiger charge is 2.48. The average molecular weight is 373 g/mol. The van der Waals surface area contributed by atoms with Crippen LogP contribution in [-0.4, -0.2) is 18.9 Å². The molecule has 0 heterocycles. The van der Waals surface area contributed by atoms with Gasteiger partial charge in [-0.3, -0.25) is 9.59 Å². The van der Waals surface area contributed by atoms with Gasteiger partial charge >= 0.3 is 0 Å². The van der Waals surface area contributed by atoms with Crippen molar-refractivity contribution < 1.29 is 14.3 Å². The topological polar surface area (TPSA) is 67.4 Å². The van der Waals surface area contributed by atoms with Crippen LogP contribution in [0.2, 0.25) is 5.02 Å². The summed E-state index contributed by atoms with van der Waals surface area (Å²) in [4.78, 5) is 24.8. The highest BCUT2D eigenvalue weighted by atomic mass is 35.5. The Kier molecular flexibility index (Phi) is 5.18. The third-order valence-electron chi connectivity index (χ3n) is 4.48. The van der Waals surface area contributed by atoms with Crippen LogP contribution in [0.5, 0.6) is 5.75 Å². The van der Waals surface area contributed by atoms with Gasteiger partial charge in [0.25, 0.3) is 0 Å². The Morgan fingerprint density at radius 2 is 1.77 bits per heavy atom. The first-order valence-corrected chi connectivity index (χ1v) is 8.79. The number of halogens is 1. The van der Waals surface area contributed by atoms with Crippen molar-refractivity contribution in [2.75, 3.05) is 17.7 Å². The number of hydrogen-bond donors (Lipinski definition) is 2. The van der Waals surface area contributed by atoms with Crippen molar-refractivity contribution in [3.8, 4) is 5.75 Å². The van der Waals surface area contributed by atoms with E-state index in [0.717, 1.165) is 11.1 Å². The molecule has 1 saturated carbocycles. The van der Waals surface area contributed by atoms with Crippen molar-refractivity contribution >= 4 is 34.8 Å². The molecule has 2 unspecified atom stereocenters. The van der Waals surface area contributed by atoms with Crippen molar-refractivity contribution in [1.29, 1.82) is 0 Å². The summed E-state index contributed by atoms with van der Waals surface area (Å²) in [5.41, 5.74) is 3.20. The maximum absolute atomic E-state index is 12.5. The van der Waals surface area contributed by atoms with Crippen molar-refractivity contribution in [3.05, 3.63) is 52.5 Å². The van der Waals surface area contributed by atoms with Gasteiger partial charge in [-0.15, -0.1) is 0 Å². The average Bonchev–Trinajstić information content (AvgIpc) is 3.39. The summed E-state index contributed by atoms with van der Waals surface area (Å²) >= 11 is 6.23. The van der Waals surface area contributed by atoms with Crippen LogP contribution in [0.15, 0.2) is 36.4 Å². The minimum atomic E-state index is -0.336. The maximum atomic E-state index is 12.5. The first-order valence-electron chi connectivity index (χ1n) is 8.41. The van der Waals surface area contributed by atoms with Gasteiger partial charge in [0.05, 0.1) is 29.7 Å². The van der Waals surface area contributed by atoms with Crippen LogP contribution in [0.4, 0.5) is 11.4 Å². The molecule has 26 heavy (non-hydrogen) atoms. The number of aryl methyl sites for hydroxylation is 2. The Hall–Kier alpha value is -2.53. The Labute approximate surface area is 157 Å². The summed E-state index contributed by atoms with van der Waals surface area (Å²) in [6.45, 7) is 3.85. The molecule has 5 nitrogen and oxygen atoms in total. The number of amides is 2. The lowest BCUT2D eigenvalue weighted by Gasteiger charge is -2.11. The van der Waals surface area contributed by atoms with Gasteiger partial charge in [0.2, 0.25) is 11.8 Å². The molecular weight excluding hydrogens is 352 g/mol. The monoisotopic (exact) mass is 372 g/mol. The zero-order valence-corrected chi connectivity index (χ0v) is 15.7. The molecule has 0 saturated heterocycles. The third-order valence-corrected chi connectivity index (χ3v) is 4.78. The van der Waals surface area contributed by atoms with Gasteiger partial charge in [-0.25, -0.2) is 0 Å². The van der Waals surface area contributed by atoms with E-state index in [4.69, 9.17) is 16.3 Å². The number of ether oxygens (including phenoxy) is 1. The van der Waals surface area contributed by atoms with Crippen molar-refractivity contribution in [2.45, 2.75) is 20.3 Å². The molecule has 2 aromatic carbocycles. The molecule has 0 aliphatic heterocycles. The van der Waals surface area contributed by atoms with Crippen LogP contribution < -0.4 is 15.4 Å². The minimum absolute atomic E-state index is 0.162. The van der Waals surface area contributed by atoms with Crippen molar-refractivity contribution in [3.63, 3.8) is 0 Å². The molecule has 0 radical (unpaired) electrons. The van der Waals surface area contributed by atoms with Crippen LogP contribution in [-0.2, 0) is 9.59 Å². The number of carbonyl (C=O) groups excluding carboxylic acids is 2. The Morgan fingerprint density at radius 3 is 2.42 bits per heavy atom. The van der Waals surface area contributed by atoms with E-state index >= 15 is 0 Å². The lowest BCUT2D eigenvalue weighted by molar-refractivity contribution is -0.122. The van der Waals surface area contributed by atoms with Crippen molar-refractivity contribution in [1.82, 2.24) is 0 Å². The lowest BCUT2D eigenvalue weighted by atomic mass is 10.1. The summed E-state index contributed by atoms with van der Waals surface area (Å²) < 4.78 is 5.14. The molecule has 6 heteroatoms. The Bertz CT molecular complexity index is 843. The highest BCUT2D eigenvalue weighted by molar-refractivity contribution is 6.34. The molecule has 2 N–H and O–H groups in total. The third kappa shape index (κ3) is 3.99. The number of nitrogens with one attached hydrogen (secondary N) is 2. The number of rotatable bonds is 5. The SMILES string of the molecule is COc1cccc(NC(=O)C2CC2C(=O)Nc2c(C)cc(C)cc2Cl)c1. The quantitative estimate of drug-likeness (QED) is 0.827. The van der Waals surface area contributed by atoms with Crippen LogP contribution in [0, 0.1) is 25.7 Å². The van der Waals surface area contributed by atoms with E-state index in [1.54, 1.807) is 31.4 Å². The predicted octanol–water partition coefficient (Wildman–Crippen LogP) is 4.18. The fraction of sp³-hybridized carbons (Fsp3) is 0.300. The highest BCUT2D eigenvalue weighted by Crippen LogP contribution is 2.41. The standard InChI is InChI=1S/C20H21ClN2O3/c1-11-7-12(2)18(17(21)8-11)23-20(25)16-10-15(16)19(24)22-13-5-4-6-14(9-13)26-3/h4-9,15-16H,10H2,1-3H3,(H,22,24)(H,23,25). The summed E-state index contributed by atoms with van der Waals surface area (Å²) in [7, 11) is 1.57. The zero-order chi connectivity index (χ0) is 18.8. The van der Waals surface area contributed by atoms with Gasteiger partial charge in [0.15, 0.2) is 0 Å². The van der Waals surface area contributed by atoms with E-state index in [9.17, 15) is 9.59 Å². The number of carbonyl (C=O) groups is 2. The van der Waals surface area contributed by atoms with E-state index < -0.39 is 0 Å². The molecule has 1 aliphatic carbocycles. The summed E-state index contributed by atoms with van der Waals surface area (Å²) in [6.07, 6.45) is 0.532. The molecule has 0 aromatic heterocycles. The first-order chi connectivity index (χ1) is 12.4. The second kappa shape index (κ2) is 7.38. The Balaban J connectivity index is 1.61. The second-order valence-electron chi connectivity index (χ2n) is 6.60. The van der Waals surface area contributed by atoms with Crippen LogP contribution in [0.25, 0.3) is 0 Å². The smallest absolute Gasteiger partial charge is 0.228 e. The number of methoxy groups -OCH3 is 1. The van der Waals surface area contributed by atoms with Gasteiger partial charge in [-0.05, 0) is 49.6 Å². The van der Waals surface area contributed by atoms with E-state index in [1.165, 1.54) is 0 Å². The summed E-state index contributed by atoms with van der Waals surface area (Å²) in [5, 5.41) is 6.20. The largest absolute Gasteiger partial charge is 0.497 e. The van der Waals surface area contributed by atoms with Gasteiger partial charge in [0, 0.05) is 11.8 Å². The van der Waals surface area contributed by atoms with Gasteiger partial charge in [0.1, 0.15) is 5.75 Å². The van der Waals surface area contributed by atoms with Crippen LogP contribution in [0.1, 0.15) is 17.5 Å². The first kappa shape index (κ1) is 18.3. The summed E-state index contributed by atoms with van der Waals surface area (Å²) in [5.74, 6) is -0.338. The van der Waals surface area contributed by atoms with E-state index in [2.05, 4.69) is 10.6 Å². The molecule has 1 aliphatic rings. The predicted molar refractivity (Wildman–Crippen MR) is 103 cm³/mol. The molecule has 0 bridgehead atoms. The lowest BCUT2D eigenvalue weighted by Crippen LogP contribution is -2.21. The molecule has 136 valence electrons. The van der Waals surface area contributed by atoms with Gasteiger partial charge in [-0.2, -0.15) is 0 Å². The zero-order valence-electron chi connectivity index (χ0n) is 14.9. The number of hydrogen-bond acceptors (Lipinski definition) is 3. The molecular formula is C20H21ClN2O3. The van der Waals surface area contributed by atoms with E-state index in [-0.39, 0.29) is 23.7 Å². The fourth-order valence-corrected chi connectivity index (χ4v) is 3.37. The molecule has 2 atom stereocenters. The van der Waals surface area contributed by atoms with E-state index in [0.29, 0.717) is 28.6 Å². The van der Waals surface area contributed by atoms with Gasteiger partial charge < -0.3 is 15.4 Å². The van der Waals surface area contributed by atoms with Crippen LogP contribution in [0.3, 0.4) is 0 Å². The normalized spacial score (nSPS) is 18.2. The molecule has 2 amide bonds. The second-order valence-corrected chi connectivity index (χ2v) is 7.00. The summed E-state index contributed by atoms with van der Waals surface area (Å²) in [6, 6.07) is 10.9. The molecule has 1 fully saturated rings. The van der Waals surface area contributed by atoms with E-state index in [1.807, 2.05) is 26.0 Å². The molecule has 2 aromatic rings. The number of benzene rings is 2. The Morgan fingerprint density at radius 1 is 1.08 bits per heavy atom. The molecule has 3 rings (SSSR count). The maximum Gasteiger partial charge on any atom is 0.228 e. The minimum Gasteiger partial charge on any atom is -0.497 e.